The van der Waals surface area contributed by atoms with E-state index >= 15 is 0 Å². The Morgan fingerprint density at radius 1 is 1.00 bits per heavy atom. The largest absolute Gasteiger partial charge is 0.490 e. The average molecular weight is 356 g/mol. The summed E-state index contributed by atoms with van der Waals surface area (Å²) in [6.45, 7) is 8.13. The number of carbonyl (C=O) groups excluding carboxylic acids is 1. The van der Waals surface area contributed by atoms with Crippen LogP contribution in [0.5, 0.6) is 11.5 Å². The number of rotatable bonds is 8. The second-order valence-electron chi connectivity index (χ2n) is 5.96. The fourth-order valence-corrected chi connectivity index (χ4v) is 2.99. The van der Waals surface area contributed by atoms with Crippen molar-refractivity contribution in [2.75, 3.05) is 32.8 Å². The molecule has 2 rings (SSSR count). The Morgan fingerprint density at radius 2 is 1.62 bits per heavy atom. The minimum absolute atomic E-state index is 0. The van der Waals surface area contributed by atoms with Gasteiger partial charge in [-0.3, -0.25) is 4.79 Å². The Bertz CT molecular complexity index is 499. The number of ether oxygens (including phenoxy) is 2. The van der Waals surface area contributed by atoms with Gasteiger partial charge in [0, 0.05) is 18.5 Å². The summed E-state index contributed by atoms with van der Waals surface area (Å²) in [4.78, 5) is 14.9. The molecule has 136 valence electrons. The van der Waals surface area contributed by atoms with Gasteiger partial charge in [0.05, 0.1) is 13.2 Å². The van der Waals surface area contributed by atoms with Crippen LogP contribution in [0.25, 0.3) is 0 Å². The van der Waals surface area contributed by atoms with Crippen LogP contribution in [0.3, 0.4) is 0 Å². The maximum atomic E-state index is 12.5. The standard InChI is InChI=1S/C19H29NO3.ClH/c1-3-22-18-10-9-16(15-19(18)23-4-2)17(21)11-14-20-12-7-5-6-8-13-20;/h9-10,15H,3-8,11-14H2,1-2H3;1H. The summed E-state index contributed by atoms with van der Waals surface area (Å²) in [7, 11) is 0. The summed E-state index contributed by atoms with van der Waals surface area (Å²) in [6.07, 6.45) is 5.72. The SMILES string of the molecule is CCOc1ccc(C(=O)CCN2CCCCCC2)cc1OCC.Cl. The molecule has 1 aliphatic rings. The van der Waals surface area contributed by atoms with Gasteiger partial charge in [-0.05, 0) is 58.0 Å². The lowest BCUT2D eigenvalue weighted by Crippen LogP contribution is -2.27. The Morgan fingerprint density at radius 3 is 2.25 bits per heavy atom. The predicted octanol–water partition coefficient (Wildman–Crippen LogP) is 4.35. The van der Waals surface area contributed by atoms with Crippen LogP contribution in [0.1, 0.15) is 56.3 Å². The van der Waals surface area contributed by atoms with E-state index in [-0.39, 0.29) is 18.2 Å². The molecule has 24 heavy (non-hydrogen) atoms. The van der Waals surface area contributed by atoms with Crippen molar-refractivity contribution in [3.63, 3.8) is 0 Å². The molecule has 0 amide bonds. The molecule has 0 N–H and O–H groups in total. The monoisotopic (exact) mass is 355 g/mol. The fraction of sp³-hybridized carbons (Fsp3) is 0.632. The number of nitrogens with zero attached hydrogens (tertiary/aromatic N) is 1. The topological polar surface area (TPSA) is 38.8 Å². The van der Waals surface area contributed by atoms with Crippen LogP contribution in [0.4, 0.5) is 0 Å². The Hall–Kier alpha value is -1.26. The highest BCUT2D eigenvalue weighted by Gasteiger charge is 2.14. The molecule has 1 saturated heterocycles. The van der Waals surface area contributed by atoms with Crippen LogP contribution < -0.4 is 9.47 Å². The van der Waals surface area contributed by atoms with Crippen molar-refractivity contribution in [3.05, 3.63) is 23.8 Å². The number of ketones is 1. The lowest BCUT2D eigenvalue weighted by molar-refractivity contribution is 0.0964. The minimum Gasteiger partial charge on any atom is -0.490 e. The van der Waals surface area contributed by atoms with Crippen molar-refractivity contribution >= 4 is 18.2 Å². The lowest BCUT2D eigenvalue weighted by Gasteiger charge is -2.19. The van der Waals surface area contributed by atoms with Gasteiger partial charge in [0.15, 0.2) is 17.3 Å². The summed E-state index contributed by atoms with van der Waals surface area (Å²) in [5.41, 5.74) is 0.715. The van der Waals surface area contributed by atoms with Gasteiger partial charge in [0.1, 0.15) is 0 Å². The minimum atomic E-state index is 0. The van der Waals surface area contributed by atoms with E-state index in [2.05, 4.69) is 4.90 Å². The Kier molecular flexibility index (Phi) is 9.80. The summed E-state index contributed by atoms with van der Waals surface area (Å²) >= 11 is 0. The highest BCUT2D eigenvalue weighted by molar-refractivity contribution is 5.96. The first-order valence-electron chi connectivity index (χ1n) is 8.89. The molecule has 0 radical (unpaired) electrons. The molecule has 1 aliphatic heterocycles. The summed E-state index contributed by atoms with van der Waals surface area (Å²) in [5, 5.41) is 0. The van der Waals surface area contributed by atoms with Crippen molar-refractivity contribution in [2.24, 2.45) is 0 Å². The predicted molar refractivity (Wildman–Crippen MR) is 99.9 cm³/mol. The maximum Gasteiger partial charge on any atom is 0.164 e. The first-order valence-corrected chi connectivity index (χ1v) is 8.89. The van der Waals surface area contributed by atoms with Gasteiger partial charge < -0.3 is 14.4 Å². The smallest absolute Gasteiger partial charge is 0.164 e. The molecule has 0 spiro atoms. The fourth-order valence-electron chi connectivity index (χ4n) is 2.99. The van der Waals surface area contributed by atoms with Crippen LogP contribution in [0, 0.1) is 0 Å². The number of hydrogen-bond donors (Lipinski definition) is 0. The van der Waals surface area contributed by atoms with Gasteiger partial charge in [0.2, 0.25) is 0 Å². The summed E-state index contributed by atoms with van der Waals surface area (Å²) < 4.78 is 11.2. The first-order chi connectivity index (χ1) is 11.2. The van der Waals surface area contributed by atoms with Crippen molar-refractivity contribution < 1.29 is 14.3 Å². The zero-order valence-corrected chi connectivity index (χ0v) is 15.7. The molecule has 1 heterocycles. The van der Waals surface area contributed by atoms with E-state index in [1.807, 2.05) is 32.0 Å². The van der Waals surface area contributed by atoms with Crippen LogP contribution in [-0.4, -0.2) is 43.5 Å². The zero-order chi connectivity index (χ0) is 16.5. The molecule has 0 aliphatic carbocycles. The molecule has 1 aromatic carbocycles. The molecule has 0 bridgehead atoms. The number of likely N-dealkylation sites (tertiary alicyclic amines) is 1. The zero-order valence-electron chi connectivity index (χ0n) is 14.9. The number of hydrogen-bond acceptors (Lipinski definition) is 4. The highest BCUT2D eigenvalue weighted by atomic mass is 35.5. The second-order valence-corrected chi connectivity index (χ2v) is 5.96. The van der Waals surface area contributed by atoms with E-state index in [0.29, 0.717) is 36.7 Å². The molecule has 1 aromatic rings. The molecular weight excluding hydrogens is 326 g/mol. The van der Waals surface area contributed by atoms with E-state index in [0.717, 1.165) is 19.6 Å². The summed E-state index contributed by atoms with van der Waals surface area (Å²) in [5.74, 6) is 1.55. The normalized spacial score (nSPS) is 15.2. The van der Waals surface area contributed by atoms with E-state index in [1.54, 1.807) is 0 Å². The van der Waals surface area contributed by atoms with E-state index < -0.39 is 0 Å². The van der Waals surface area contributed by atoms with Gasteiger partial charge in [0.25, 0.3) is 0 Å². The van der Waals surface area contributed by atoms with E-state index in [1.165, 1.54) is 25.7 Å². The Labute approximate surface area is 151 Å². The van der Waals surface area contributed by atoms with Gasteiger partial charge >= 0.3 is 0 Å². The van der Waals surface area contributed by atoms with Gasteiger partial charge in [-0.25, -0.2) is 0 Å². The summed E-state index contributed by atoms with van der Waals surface area (Å²) in [6, 6.07) is 5.51. The molecule has 1 fully saturated rings. The number of halogens is 1. The van der Waals surface area contributed by atoms with E-state index in [9.17, 15) is 4.79 Å². The number of benzene rings is 1. The second kappa shape index (κ2) is 11.3. The molecule has 0 aromatic heterocycles. The molecular formula is C19H30ClNO3. The highest BCUT2D eigenvalue weighted by Crippen LogP contribution is 2.29. The first kappa shape index (κ1) is 20.8. The van der Waals surface area contributed by atoms with Crippen molar-refractivity contribution in [2.45, 2.75) is 46.0 Å². The number of Topliss-reactive ketones (excluding diaryl/α,β-unsaturated/α-hetero) is 1. The van der Waals surface area contributed by atoms with Gasteiger partial charge in [-0.15, -0.1) is 12.4 Å². The molecule has 5 heteroatoms. The number of carbonyl (C=O) groups is 1. The Balaban J connectivity index is 0.00000288. The average Bonchev–Trinajstić information content (AvgIpc) is 2.83. The van der Waals surface area contributed by atoms with Crippen LogP contribution in [0.2, 0.25) is 0 Å². The van der Waals surface area contributed by atoms with E-state index in [4.69, 9.17) is 9.47 Å². The van der Waals surface area contributed by atoms with Crippen molar-refractivity contribution in [1.82, 2.24) is 4.90 Å². The molecule has 0 unspecified atom stereocenters. The van der Waals surface area contributed by atoms with Crippen LogP contribution in [0.15, 0.2) is 18.2 Å². The van der Waals surface area contributed by atoms with Gasteiger partial charge in [-0.1, -0.05) is 12.8 Å². The quantitative estimate of drug-likeness (QED) is 0.650. The van der Waals surface area contributed by atoms with Crippen LogP contribution >= 0.6 is 12.4 Å². The third-order valence-corrected chi connectivity index (χ3v) is 4.22. The van der Waals surface area contributed by atoms with Gasteiger partial charge in [-0.2, -0.15) is 0 Å². The lowest BCUT2D eigenvalue weighted by atomic mass is 10.1. The third-order valence-electron chi connectivity index (χ3n) is 4.22. The third kappa shape index (κ3) is 6.33. The molecule has 0 saturated carbocycles. The molecule has 4 nitrogen and oxygen atoms in total. The van der Waals surface area contributed by atoms with Crippen LogP contribution in [-0.2, 0) is 0 Å². The maximum absolute atomic E-state index is 12.5. The van der Waals surface area contributed by atoms with Crippen molar-refractivity contribution in [3.8, 4) is 11.5 Å². The van der Waals surface area contributed by atoms with Crippen molar-refractivity contribution in [1.29, 1.82) is 0 Å². The molecule has 0 atom stereocenters.